The Hall–Kier alpha value is -0.860. The summed E-state index contributed by atoms with van der Waals surface area (Å²) in [6.45, 7) is 0.905. The minimum Gasteiger partial charge on any atom is -0.480 e. The van der Waals surface area contributed by atoms with Gasteiger partial charge in [-0.25, -0.2) is 4.79 Å². The number of alkyl halides is 3. The van der Waals surface area contributed by atoms with Crippen LogP contribution in [0.1, 0.15) is 6.92 Å². The van der Waals surface area contributed by atoms with Gasteiger partial charge in [-0.2, -0.15) is 13.2 Å². The molecular weight excluding hydrogens is 243 g/mol. The Labute approximate surface area is 96.9 Å². The first kappa shape index (κ1) is 16.1. The summed E-state index contributed by atoms with van der Waals surface area (Å²) in [5.74, 6) is -1.97. The van der Waals surface area contributed by atoms with Crippen molar-refractivity contribution in [1.29, 1.82) is 0 Å². The number of rotatable bonds is 8. The molecule has 102 valence electrons. The summed E-state index contributed by atoms with van der Waals surface area (Å²) in [6.07, 6.45) is -4.87. The van der Waals surface area contributed by atoms with Crippen molar-refractivity contribution in [3.8, 4) is 0 Å². The SMILES string of the molecule is COCCOCCNC(C)(C(=O)O)C(F)(F)F. The van der Waals surface area contributed by atoms with Crippen molar-refractivity contribution in [3.63, 3.8) is 0 Å². The minimum absolute atomic E-state index is 0.0255. The standard InChI is InChI=1S/C9H16F3NO4/c1-8(7(14)15,9(10,11)12)13-3-4-17-6-5-16-2/h13H,3-6H2,1-2H3,(H,14,15). The molecule has 1 atom stereocenters. The van der Waals surface area contributed by atoms with Gasteiger partial charge < -0.3 is 14.6 Å². The lowest BCUT2D eigenvalue weighted by molar-refractivity contribution is -0.206. The van der Waals surface area contributed by atoms with E-state index in [4.69, 9.17) is 9.84 Å². The van der Waals surface area contributed by atoms with E-state index in [-0.39, 0.29) is 19.8 Å². The number of nitrogens with one attached hydrogen (secondary N) is 1. The molecule has 0 heterocycles. The topological polar surface area (TPSA) is 67.8 Å². The number of carboxylic acid groups (broad SMARTS) is 1. The van der Waals surface area contributed by atoms with Gasteiger partial charge in [0.25, 0.3) is 0 Å². The molecule has 0 spiro atoms. The van der Waals surface area contributed by atoms with Crippen LogP contribution < -0.4 is 5.32 Å². The van der Waals surface area contributed by atoms with Gasteiger partial charge in [0.15, 0.2) is 0 Å². The predicted molar refractivity (Wildman–Crippen MR) is 52.8 cm³/mol. The zero-order chi connectivity index (χ0) is 13.5. The van der Waals surface area contributed by atoms with Crippen LogP contribution in [0, 0.1) is 0 Å². The molecule has 0 amide bonds. The first-order valence-corrected chi connectivity index (χ1v) is 4.87. The predicted octanol–water partition coefficient (Wildman–Crippen LogP) is 0.645. The first-order chi connectivity index (χ1) is 7.75. The summed E-state index contributed by atoms with van der Waals surface area (Å²) in [7, 11) is 1.47. The summed E-state index contributed by atoms with van der Waals surface area (Å²) in [4.78, 5) is 10.6. The molecule has 5 nitrogen and oxygen atoms in total. The monoisotopic (exact) mass is 259 g/mol. The smallest absolute Gasteiger partial charge is 0.417 e. The molecule has 0 radical (unpaired) electrons. The third-order valence-electron chi connectivity index (χ3n) is 2.15. The molecule has 0 rings (SSSR count). The Kier molecular flexibility index (Phi) is 6.43. The molecule has 2 N–H and O–H groups in total. The second kappa shape index (κ2) is 6.77. The maximum absolute atomic E-state index is 12.5. The number of halogens is 3. The number of hydrogen-bond acceptors (Lipinski definition) is 4. The quantitative estimate of drug-likeness (QED) is 0.626. The van der Waals surface area contributed by atoms with E-state index in [0.717, 1.165) is 0 Å². The van der Waals surface area contributed by atoms with Crippen molar-refractivity contribution in [2.75, 3.05) is 33.5 Å². The normalized spacial score (nSPS) is 15.6. The van der Waals surface area contributed by atoms with E-state index in [0.29, 0.717) is 13.5 Å². The summed E-state index contributed by atoms with van der Waals surface area (Å²) < 4.78 is 47.0. The number of hydrogen-bond donors (Lipinski definition) is 2. The zero-order valence-corrected chi connectivity index (χ0v) is 9.63. The van der Waals surface area contributed by atoms with E-state index in [9.17, 15) is 18.0 Å². The molecule has 0 saturated heterocycles. The van der Waals surface area contributed by atoms with Crippen molar-refractivity contribution in [2.45, 2.75) is 18.6 Å². The van der Waals surface area contributed by atoms with E-state index in [1.165, 1.54) is 7.11 Å². The summed E-state index contributed by atoms with van der Waals surface area (Å²) in [5.41, 5.74) is -2.96. The fourth-order valence-corrected chi connectivity index (χ4v) is 0.915. The van der Waals surface area contributed by atoms with Gasteiger partial charge in [0.2, 0.25) is 5.54 Å². The molecule has 0 aromatic rings. The Bertz CT molecular complexity index is 247. The molecule has 0 aromatic heterocycles. The maximum Gasteiger partial charge on any atom is 0.417 e. The Morgan fingerprint density at radius 1 is 1.29 bits per heavy atom. The molecule has 0 aromatic carbocycles. The van der Waals surface area contributed by atoms with E-state index in [2.05, 4.69) is 4.74 Å². The fraction of sp³-hybridized carbons (Fsp3) is 0.889. The van der Waals surface area contributed by atoms with Gasteiger partial charge in [-0.05, 0) is 6.92 Å². The van der Waals surface area contributed by atoms with Crippen LogP contribution in [0.2, 0.25) is 0 Å². The highest BCUT2D eigenvalue weighted by Gasteiger charge is 2.56. The van der Waals surface area contributed by atoms with Crippen LogP contribution in [0.4, 0.5) is 13.2 Å². The van der Waals surface area contributed by atoms with Crippen LogP contribution in [-0.2, 0) is 14.3 Å². The van der Waals surface area contributed by atoms with E-state index >= 15 is 0 Å². The molecule has 17 heavy (non-hydrogen) atoms. The van der Waals surface area contributed by atoms with Crippen LogP contribution in [0.15, 0.2) is 0 Å². The second-order valence-corrected chi connectivity index (χ2v) is 3.46. The lowest BCUT2D eigenvalue weighted by atomic mass is 10.0. The fourth-order valence-electron chi connectivity index (χ4n) is 0.915. The minimum atomic E-state index is -4.87. The van der Waals surface area contributed by atoms with Crippen molar-refractivity contribution < 1.29 is 32.5 Å². The summed E-state index contributed by atoms with van der Waals surface area (Å²) >= 11 is 0. The highest BCUT2D eigenvalue weighted by atomic mass is 19.4. The van der Waals surface area contributed by atoms with Crippen molar-refractivity contribution in [3.05, 3.63) is 0 Å². The van der Waals surface area contributed by atoms with Gasteiger partial charge in [-0.1, -0.05) is 0 Å². The average molecular weight is 259 g/mol. The summed E-state index contributed by atoms with van der Waals surface area (Å²) in [6, 6.07) is 0. The molecule has 0 saturated carbocycles. The van der Waals surface area contributed by atoms with Crippen LogP contribution in [0.25, 0.3) is 0 Å². The Morgan fingerprint density at radius 3 is 2.29 bits per heavy atom. The van der Waals surface area contributed by atoms with Crippen LogP contribution in [0.3, 0.4) is 0 Å². The van der Waals surface area contributed by atoms with Crippen LogP contribution in [0.5, 0.6) is 0 Å². The molecule has 8 heteroatoms. The van der Waals surface area contributed by atoms with Gasteiger partial charge >= 0.3 is 12.1 Å². The van der Waals surface area contributed by atoms with Crippen LogP contribution >= 0.6 is 0 Å². The Balaban J connectivity index is 4.09. The molecule has 0 bridgehead atoms. The number of carbonyl (C=O) groups is 1. The number of methoxy groups -OCH3 is 1. The maximum atomic E-state index is 12.5. The third-order valence-corrected chi connectivity index (χ3v) is 2.15. The average Bonchev–Trinajstić information content (AvgIpc) is 2.20. The molecule has 0 fully saturated rings. The molecule has 0 aliphatic heterocycles. The highest BCUT2D eigenvalue weighted by Crippen LogP contribution is 2.30. The zero-order valence-electron chi connectivity index (χ0n) is 9.63. The van der Waals surface area contributed by atoms with Gasteiger partial charge in [0.1, 0.15) is 0 Å². The van der Waals surface area contributed by atoms with E-state index in [1.54, 1.807) is 0 Å². The van der Waals surface area contributed by atoms with E-state index < -0.39 is 17.7 Å². The van der Waals surface area contributed by atoms with Gasteiger partial charge in [-0.15, -0.1) is 0 Å². The van der Waals surface area contributed by atoms with Crippen LogP contribution in [-0.4, -0.2) is 56.3 Å². The second-order valence-electron chi connectivity index (χ2n) is 3.46. The lowest BCUT2D eigenvalue weighted by Gasteiger charge is -2.28. The lowest BCUT2D eigenvalue weighted by Crippen LogP contribution is -2.60. The van der Waals surface area contributed by atoms with Crippen molar-refractivity contribution in [1.82, 2.24) is 5.32 Å². The van der Waals surface area contributed by atoms with Gasteiger partial charge in [0.05, 0.1) is 19.8 Å². The number of aliphatic carboxylic acids is 1. The largest absolute Gasteiger partial charge is 0.480 e. The number of ether oxygens (including phenoxy) is 2. The van der Waals surface area contributed by atoms with Crippen molar-refractivity contribution >= 4 is 5.97 Å². The molecule has 1 unspecified atom stereocenters. The molecule has 0 aliphatic carbocycles. The third kappa shape index (κ3) is 4.88. The van der Waals surface area contributed by atoms with E-state index in [1.807, 2.05) is 5.32 Å². The number of carboxylic acids is 1. The van der Waals surface area contributed by atoms with Gasteiger partial charge in [-0.3, -0.25) is 5.32 Å². The Morgan fingerprint density at radius 2 is 1.88 bits per heavy atom. The van der Waals surface area contributed by atoms with Crippen molar-refractivity contribution in [2.24, 2.45) is 0 Å². The first-order valence-electron chi connectivity index (χ1n) is 4.87. The molecular formula is C9H16F3NO4. The molecule has 0 aliphatic rings. The highest BCUT2D eigenvalue weighted by molar-refractivity contribution is 5.79. The van der Waals surface area contributed by atoms with Gasteiger partial charge in [0, 0.05) is 13.7 Å². The summed E-state index contributed by atoms with van der Waals surface area (Å²) in [5, 5.41) is 10.5.